The number of aromatic carboxylic acids is 1. The Labute approximate surface area is 119 Å². The molecular weight excluding hydrogens is 272 g/mol. The van der Waals surface area contributed by atoms with E-state index in [9.17, 15) is 9.90 Å². The van der Waals surface area contributed by atoms with Crippen molar-refractivity contribution >= 4 is 11.7 Å². The summed E-state index contributed by atoms with van der Waals surface area (Å²) in [5.41, 5.74) is 1.32. The summed E-state index contributed by atoms with van der Waals surface area (Å²) in [6.07, 6.45) is 0. The fourth-order valence-electron chi connectivity index (χ4n) is 1.95. The van der Waals surface area contributed by atoms with Crippen molar-refractivity contribution in [2.24, 2.45) is 0 Å². The summed E-state index contributed by atoms with van der Waals surface area (Å²) in [4.78, 5) is 19.8. The number of rotatable bonds is 4. The quantitative estimate of drug-likeness (QED) is 0.786. The molecule has 2 heterocycles. The van der Waals surface area contributed by atoms with Crippen LogP contribution in [0.4, 0.5) is 0 Å². The molecule has 7 nitrogen and oxygen atoms in total. The van der Waals surface area contributed by atoms with Crippen molar-refractivity contribution in [2.75, 3.05) is 6.61 Å². The van der Waals surface area contributed by atoms with Crippen LogP contribution in [0.3, 0.4) is 0 Å². The molecule has 3 aromatic rings. The number of aromatic nitrogens is 4. The Morgan fingerprint density at radius 3 is 2.71 bits per heavy atom. The third-order valence-electron chi connectivity index (χ3n) is 2.85. The molecule has 0 radical (unpaired) electrons. The molecule has 0 atom stereocenters. The number of carbonyl (C=O) groups is 1. The second-order valence-corrected chi connectivity index (χ2v) is 4.24. The molecule has 1 N–H and O–H groups in total. The summed E-state index contributed by atoms with van der Waals surface area (Å²) in [6.45, 7) is 2.19. The Morgan fingerprint density at radius 1 is 1.29 bits per heavy atom. The van der Waals surface area contributed by atoms with E-state index in [2.05, 4.69) is 15.1 Å². The molecule has 0 spiro atoms. The first-order valence-corrected chi connectivity index (χ1v) is 6.38. The van der Waals surface area contributed by atoms with Crippen molar-refractivity contribution in [3.05, 3.63) is 42.1 Å². The summed E-state index contributed by atoms with van der Waals surface area (Å²) in [5.74, 6) is -0.912. The topological polar surface area (TPSA) is 89.6 Å². The number of carboxylic acid groups (broad SMARTS) is 1. The highest BCUT2D eigenvalue weighted by Gasteiger charge is 2.17. The Morgan fingerprint density at radius 2 is 2.05 bits per heavy atom. The molecule has 0 fully saturated rings. The number of benzene rings is 1. The van der Waals surface area contributed by atoms with Crippen LogP contribution in [0.25, 0.3) is 17.0 Å². The maximum Gasteiger partial charge on any atom is 0.354 e. The van der Waals surface area contributed by atoms with Crippen LogP contribution in [-0.4, -0.2) is 37.3 Å². The van der Waals surface area contributed by atoms with E-state index in [0.29, 0.717) is 12.3 Å². The van der Waals surface area contributed by atoms with Gasteiger partial charge in [0.2, 0.25) is 0 Å². The number of hydrogen-bond acceptors (Lipinski definition) is 5. The molecule has 3 rings (SSSR count). The van der Waals surface area contributed by atoms with Gasteiger partial charge in [0.1, 0.15) is 0 Å². The highest BCUT2D eigenvalue weighted by atomic mass is 16.5. The lowest BCUT2D eigenvalue weighted by molar-refractivity contribution is 0.0687. The van der Waals surface area contributed by atoms with Crippen LogP contribution in [0.15, 0.2) is 36.4 Å². The minimum atomic E-state index is -1.10. The average molecular weight is 284 g/mol. The first kappa shape index (κ1) is 13.0. The molecule has 0 bridgehead atoms. The van der Waals surface area contributed by atoms with Gasteiger partial charge in [0.15, 0.2) is 5.69 Å². The zero-order valence-corrected chi connectivity index (χ0v) is 11.2. The largest absolute Gasteiger partial charge is 0.477 e. The van der Waals surface area contributed by atoms with Gasteiger partial charge >= 0.3 is 12.0 Å². The summed E-state index contributed by atoms with van der Waals surface area (Å²) >= 11 is 0. The summed E-state index contributed by atoms with van der Waals surface area (Å²) in [6, 6.07) is 10.9. The van der Waals surface area contributed by atoms with Gasteiger partial charge in [-0.2, -0.15) is 9.50 Å². The van der Waals surface area contributed by atoms with Gasteiger partial charge in [-0.3, -0.25) is 0 Å². The van der Waals surface area contributed by atoms with Crippen LogP contribution in [0.5, 0.6) is 6.01 Å². The van der Waals surface area contributed by atoms with E-state index in [4.69, 9.17) is 4.74 Å². The monoisotopic (exact) mass is 284 g/mol. The van der Waals surface area contributed by atoms with E-state index in [1.807, 2.05) is 30.3 Å². The van der Waals surface area contributed by atoms with Crippen LogP contribution >= 0.6 is 0 Å². The van der Waals surface area contributed by atoms with Crippen LogP contribution in [0, 0.1) is 0 Å². The Hall–Kier alpha value is -2.96. The Bertz CT molecular complexity index is 799. The zero-order chi connectivity index (χ0) is 14.8. The second-order valence-electron chi connectivity index (χ2n) is 4.24. The normalized spacial score (nSPS) is 10.7. The maximum absolute atomic E-state index is 11.4. The molecule has 7 heteroatoms. The number of hydrogen-bond donors (Lipinski definition) is 1. The van der Waals surface area contributed by atoms with Gasteiger partial charge < -0.3 is 9.84 Å². The van der Waals surface area contributed by atoms with E-state index in [1.165, 1.54) is 10.6 Å². The number of fused-ring (bicyclic) bond motifs is 1. The van der Waals surface area contributed by atoms with Gasteiger partial charge in [-0.05, 0) is 13.0 Å². The molecule has 0 aliphatic heterocycles. The molecule has 0 saturated heterocycles. The lowest BCUT2D eigenvalue weighted by atomic mass is 10.1. The lowest BCUT2D eigenvalue weighted by Crippen LogP contribution is -2.08. The second kappa shape index (κ2) is 5.20. The molecule has 2 aromatic heterocycles. The van der Waals surface area contributed by atoms with Crippen molar-refractivity contribution in [3.63, 3.8) is 0 Å². The van der Waals surface area contributed by atoms with E-state index >= 15 is 0 Å². The van der Waals surface area contributed by atoms with Crippen molar-refractivity contribution in [3.8, 4) is 17.3 Å². The predicted molar refractivity (Wildman–Crippen MR) is 74.3 cm³/mol. The molecule has 106 valence electrons. The third-order valence-corrected chi connectivity index (χ3v) is 2.85. The maximum atomic E-state index is 11.4. The average Bonchev–Trinajstić information content (AvgIpc) is 2.89. The third kappa shape index (κ3) is 2.40. The van der Waals surface area contributed by atoms with E-state index in [-0.39, 0.29) is 17.5 Å². The smallest absolute Gasteiger partial charge is 0.354 e. The first-order valence-electron chi connectivity index (χ1n) is 6.38. The number of carboxylic acids is 1. The number of ether oxygens (including phenoxy) is 1. The van der Waals surface area contributed by atoms with Gasteiger partial charge in [0, 0.05) is 5.56 Å². The molecule has 0 saturated carbocycles. The molecular formula is C14H12N4O3. The molecule has 0 amide bonds. The van der Waals surface area contributed by atoms with E-state index in [0.717, 1.165) is 5.56 Å². The molecule has 0 unspecified atom stereocenters. The van der Waals surface area contributed by atoms with Crippen LogP contribution in [0.1, 0.15) is 17.4 Å². The first-order chi connectivity index (χ1) is 10.2. The minimum absolute atomic E-state index is 0.0164. The lowest BCUT2D eigenvalue weighted by Gasteiger charge is -2.03. The van der Waals surface area contributed by atoms with Crippen molar-refractivity contribution in [1.29, 1.82) is 0 Å². The Kier molecular flexibility index (Phi) is 3.23. The fraction of sp³-hybridized carbons (Fsp3) is 0.143. The SMILES string of the molecule is CCOc1nc2nc(-c3ccccc3)cc(C(=O)O)n2n1. The fourth-order valence-corrected chi connectivity index (χ4v) is 1.95. The molecule has 21 heavy (non-hydrogen) atoms. The van der Waals surface area contributed by atoms with Gasteiger partial charge in [0.25, 0.3) is 5.78 Å². The minimum Gasteiger partial charge on any atom is -0.477 e. The van der Waals surface area contributed by atoms with Crippen molar-refractivity contribution in [1.82, 2.24) is 19.6 Å². The highest BCUT2D eigenvalue weighted by molar-refractivity contribution is 5.87. The van der Waals surface area contributed by atoms with Crippen LogP contribution in [0.2, 0.25) is 0 Å². The summed E-state index contributed by atoms with van der Waals surface area (Å²) in [5, 5.41) is 13.3. The van der Waals surface area contributed by atoms with Gasteiger partial charge in [-0.1, -0.05) is 30.3 Å². The summed E-state index contributed by atoms with van der Waals surface area (Å²) in [7, 11) is 0. The summed E-state index contributed by atoms with van der Waals surface area (Å²) < 4.78 is 6.36. The molecule has 1 aromatic carbocycles. The van der Waals surface area contributed by atoms with Crippen LogP contribution in [-0.2, 0) is 0 Å². The van der Waals surface area contributed by atoms with Crippen LogP contribution < -0.4 is 4.74 Å². The van der Waals surface area contributed by atoms with E-state index in [1.54, 1.807) is 6.92 Å². The van der Waals surface area contributed by atoms with Gasteiger partial charge in [-0.25, -0.2) is 9.78 Å². The standard InChI is InChI=1S/C14H12N4O3/c1-2-21-14-16-13-15-10(9-6-4-3-5-7-9)8-11(12(19)20)18(13)17-14/h3-8H,2H2,1H3,(H,19,20). The van der Waals surface area contributed by atoms with Gasteiger partial charge in [0.05, 0.1) is 12.3 Å². The molecule has 0 aliphatic rings. The number of nitrogens with zero attached hydrogens (tertiary/aromatic N) is 4. The predicted octanol–water partition coefficient (Wildman–Crippen LogP) is 1.89. The Balaban J connectivity index is 2.22. The van der Waals surface area contributed by atoms with Crippen molar-refractivity contribution < 1.29 is 14.6 Å². The van der Waals surface area contributed by atoms with E-state index < -0.39 is 5.97 Å². The molecule has 0 aliphatic carbocycles. The van der Waals surface area contributed by atoms with Crippen molar-refractivity contribution in [2.45, 2.75) is 6.92 Å². The van der Waals surface area contributed by atoms with Gasteiger partial charge in [-0.15, -0.1) is 5.10 Å². The highest BCUT2D eigenvalue weighted by Crippen LogP contribution is 2.20. The zero-order valence-electron chi connectivity index (χ0n) is 11.2.